The lowest BCUT2D eigenvalue weighted by Crippen LogP contribution is -2.32. The topological polar surface area (TPSA) is 137 Å². The highest BCUT2D eigenvalue weighted by Crippen LogP contribution is 2.29. The van der Waals surface area contributed by atoms with Crippen LogP contribution in [0.2, 0.25) is 0 Å². The maximum atomic E-state index is 11.3. The number of ether oxygens (including phenoxy) is 1. The predicted molar refractivity (Wildman–Crippen MR) is 99.9 cm³/mol. The number of anilines is 1. The molecule has 2 N–H and O–H groups in total. The lowest BCUT2D eigenvalue weighted by atomic mass is 10.1. The number of nitro groups is 2. The molecule has 1 atom stereocenters. The van der Waals surface area contributed by atoms with Crippen molar-refractivity contribution in [2.75, 3.05) is 12.5 Å². The van der Waals surface area contributed by atoms with Crippen molar-refractivity contribution in [3.05, 3.63) is 87.0 Å². The van der Waals surface area contributed by atoms with Gasteiger partial charge < -0.3 is 14.7 Å². The fourth-order valence-corrected chi connectivity index (χ4v) is 2.57. The zero-order chi connectivity index (χ0) is 20.1. The molecule has 3 rings (SSSR count). The Morgan fingerprint density at radius 2 is 1.86 bits per heavy atom. The van der Waals surface area contributed by atoms with Gasteiger partial charge in [0.05, 0.1) is 29.4 Å². The summed E-state index contributed by atoms with van der Waals surface area (Å²) in [6.45, 7) is 0. The van der Waals surface area contributed by atoms with E-state index in [0.29, 0.717) is 5.75 Å². The zero-order valence-electron chi connectivity index (χ0n) is 14.7. The second-order valence-electron chi connectivity index (χ2n) is 5.67. The third kappa shape index (κ3) is 4.04. The summed E-state index contributed by atoms with van der Waals surface area (Å²) < 4.78 is 6.91. The van der Waals surface area contributed by atoms with Gasteiger partial charge in [0.25, 0.3) is 5.69 Å². The molecular weight excluding hydrogens is 368 g/mol. The van der Waals surface area contributed by atoms with Gasteiger partial charge in [-0.1, -0.05) is 12.1 Å². The van der Waals surface area contributed by atoms with E-state index in [1.54, 1.807) is 42.5 Å². The predicted octanol–water partition coefficient (Wildman–Crippen LogP) is 2.87. The molecule has 0 radical (unpaired) electrons. The van der Waals surface area contributed by atoms with Crippen molar-refractivity contribution in [2.24, 2.45) is 0 Å². The minimum atomic E-state index is -0.685. The first-order valence-electron chi connectivity index (χ1n) is 8.05. The first-order chi connectivity index (χ1) is 13.5. The van der Waals surface area contributed by atoms with Crippen LogP contribution < -0.4 is 15.6 Å². The standard InChI is InChI=1S/C17H16N6O5/c1-28-14-5-2-12(3-6-14)17(21-9-8-18-11-21)20-19-15-7-4-13(22(24)25)10-16(15)23(26)27/h2-11,17,19-20H,1H3. The summed E-state index contributed by atoms with van der Waals surface area (Å²) in [5.74, 6) is 0.687. The van der Waals surface area contributed by atoms with Crippen LogP contribution in [0, 0.1) is 20.2 Å². The third-order valence-electron chi connectivity index (χ3n) is 3.99. The van der Waals surface area contributed by atoms with E-state index in [2.05, 4.69) is 15.8 Å². The second-order valence-corrected chi connectivity index (χ2v) is 5.67. The van der Waals surface area contributed by atoms with Crippen LogP contribution in [0.15, 0.2) is 61.2 Å². The number of nitrogens with one attached hydrogen (secondary N) is 2. The van der Waals surface area contributed by atoms with E-state index in [4.69, 9.17) is 4.74 Å². The van der Waals surface area contributed by atoms with Gasteiger partial charge in [-0.15, -0.1) is 0 Å². The normalized spacial score (nSPS) is 11.6. The second kappa shape index (κ2) is 8.14. The van der Waals surface area contributed by atoms with Crippen LogP contribution in [-0.4, -0.2) is 26.5 Å². The number of aromatic nitrogens is 2. The number of methoxy groups -OCH3 is 1. The number of non-ortho nitro benzene ring substituents is 1. The Morgan fingerprint density at radius 1 is 1.11 bits per heavy atom. The number of imidazole rings is 1. The summed E-state index contributed by atoms with van der Waals surface area (Å²) >= 11 is 0. The van der Waals surface area contributed by atoms with Crippen LogP contribution in [0.25, 0.3) is 0 Å². The van der Waals surface area contributed by atoms with E-state index in [1.165, 1.54) is 12.1 Å². The highest BCUT2D eigenvalue weighted by atomic mass is 16.6. The molecule has 0 fully saturated rings. The lowest BCUT2D eigenvalue weighted by molar-refractivity contribution is -0.393. The van der Waals surface area contributed by atoms with Crippen LogP contribution in [0.3, 0.4) is 0 Å². The van der Waals surface area contributed by atoms with Crippen molar-refractivity contribution in [3.63, 3.8) is 0 Å². The molecule has 1 unspecified atom stereocenters. The van der Waals surface area contributed by atoms with Crippen molar-refractivity contribution in [2.45, 2.75) is 6.17 Å². The number of nitro benzene ring substituents is 2. The summed E-state index contributed by atoms with van der Waals surface area (Å²) in [6.07, 6.45) is 4.47. The number of nitrogens with zero attached hydrogens (tertiary/aromatic N) is 4. The molecule has 1 heterocycles. The number of hydrogen-bond acceptors (Lipinski definition) is 8. The monoisotopic (exact) mass is 384 g/mol. The number of rotatable bonds is 8. The summed E-state index contributed by atoms with van der Waals surface area (Å²) in [7, 11) is 1.57. The Balaban J connectivity index is 1.88. The molecule has 11 nitrogen and oxygen atoms in total. The highest BCUT2D eigenvalue weighted by Gasteiger charge is 2.21. The largest absolute Gasteiger partial charge is 0.497 e. The number of benzene rings is 2. The van der Waals surface area contributed by atoms with E-state index in [1.807, 2.05) is 12.1 Å². The molecule has 0 bridgehead atoms. The van der Waals surface area contributed by atoms with E-state index >= 15 is 0 Å². The Bertz CT molecular complexity index is 974. The van der Waals surface area contributed by atoms with E-state index in [9.17, 15) is 20.2 Å². The van der Waals surface area contributed by atoms with Gasteiger partial charge in [0, 0.05) is 18.5 Å². The smallest absolute Gasteiger partial charge is 0.300 e. The Morgan fingerprint density at radius 3 is 2.43 bits per heavy atom. The van der Waals surface area contributed by atoms with Crippen molar-refractivity contribution < 1.29 is 14.6 Å². The van der Waals surface area contributed by atoms with Gasteiger partial charge >= 0.3 is 5.69 Å². The van der Waals surface area contributed by atoms with Crippen LogP contribution in [-0.2, 0) is 0 Å². The van der Waals surface area contributed by atoms with E-state index in [-0.39, 0.29) is 11.4 Å². The molecule has 3 aromatic rings. The van der Waals surface area contributed by atoms with Gasteiger partial charge in [-0.25, -0.2) is 10.4 Å². The molecule has 28 heavy (non-hydrogen) atoms. The minimum Gasteiger partial charge on any atom is -0.497 e. The molecule has 0 spiro atoms. The Labute approximate surface area is 158 Å². The average Bonchev–Trinajstić information content (AvgIpc) is 3.23. The van der Waals surface area contributed by atoms with Crippen molar-refractivity contribution in [1.82, 2.24) is 15.0 Å². The first-order valence-corrected chi connectivity index (χ1v) is 8.05. The SMILES string of the molecule is COc1ccc(C(NNc2ccc([N+](=O)[O-])cc2[N+](=O)[O-])n2ccnc2)cc1. The fourth-order valence-electron chi connectivity index (χ4n) is 2.57. The molecule has 0 aliphatic rings. The van der Waals surface area contributed by atoms with Gasteiger partial charge in [0.2, 0.25) is 0 Å². The summed E-state index contributed by atoms with van der Waals surface area (Å²) in [5.41, 5.74) is 5.92. The van der Waals surface area contributed by atoms with E-state index in [0.717, 1.165) is 11.6 Å². The summed E-state index contributed by atoms with van der Waals surface area (Å²) in [5, 5.41) is 22.2. The highest BCUT2D eigenvalue weighted by molar-refractivity contribution is 5.64. The van der Waals surface area contributed by atoms with Crippen LogP contribution in [0.5, 0.6) is 5.75 Å². The van der Waals surface area contributed by atoms with E-state index < -0.39 is 21.7 Å². The van der Waals surface area contributed by atoms with Gasteiger partial charge in [0.15, 0.2) is 0 Å². The molecule has 0 saturated carbocycles. The molecule has 0 aliphatic heterocycles. The van der Waals surface area contributed by atoms with Gasteiger partial charge in [-0.3, -0.25) is 20.2 Å². The number of hydrogen-bond donors (Lipinski definition) is 2. The van der Waals surface area contributed by atoms with Crippen molar-refractivity contribution in [3.8, 4) is 5.75 Å². The average molecular weight is 384 g/mol. The lowest BCUT2D eigenvalue weighted by Gasteiger charge is -2.22. The summed E-state index contributed by atoms with van der Waals surface area (Å²) in [6, 6.07) is 10.6. The summed E-state index contributed by atoms with van der Waals surface area (Å²) in [4.78, 5) is 24.8. The van der Waals surface area contributed by atoms with Crippen LogP contribution in [0.1, 0.15) is 11.7 Å². The molecule has 0 aliphatic carbocycles. The van der Waals surface area contributed by atoms with Crippen LogP contribution in [0.4, 0.5) is 17.1 Å². The van der Waals surface area contributed by atoms with Gasteiger partial charge in [-0.05, 0) is 23.8 Å². The maximum absolute atomic E-state index is 11.3. The molecule has 1 aromatic heterocycles. The molecule has 0 amide bonds. The molecule has 144 valence electrons. The van der Waals surface area contributed by atoms with Gasteiger partial charge in [-0.2, -0.15) is 0 Å². The van der Waals surface area contributed by atoms with Crippen molar-refractivity contribution >= 4 is 17.1 Å². The molecule has 2 aromatic carbocycles. The Hall–Kier alpha value is -3.99. The van der Waals surface area contributed by atoms with Gasteiger partial charge in [0.1, 0.15) is 17.6 Å². The quantitative estimate of drug-likeness (QED) is 0.447. The Kier molecular flexibility index (Phi) is 5.46. The fraction of sp³-hybridized carbons (Fsp3) is 0.118. The molecule has 11 heteroatoms. The third-order valence-corrected chi connectivity index (χ3v) is 3.99. The minimum absolute atomic E-state index is 0.0919. The maximum Gasteiger partial charge on any atom is 0.300 e. The van der Waals surface area contributed by atoms with Crippen molar-refractivity contribution in [1.29, 1.82) is 0 Å². The zero-order valence-corrected chi connectivity index (χ0v) is 14.7. The first kappa shape index (κ1) is 18.8. The molecule has 0 saturated heterocycles. The number of hydrazine groups is 1. The molecular formula is C17H16N6O5. The van der Waals surface area contributed by atoms with Crippen LogP contribution >= 0.6 is 0 Å².